The molecule has 2 unspecified atom stereocenters. The zero-order chi connectivity index (χ0) is 18.4. The molecule has 1 aromatic rings. The predicted octanol–water partition coefficient (Wildman–Crippen LogP) is 4.99. The van der Waals surface area contributed by atoms with Gasteiger partial charge in [-0.2, -0.15) is 0 Å². The Morgan fingerprint density at radius 2 is 2.00 bits per heavy atom. The van der Waals surface area contributed by atoms with Gasteiger partial charge in [-0.05, 0) is 71.6 Å². The van der Waals surface area contributed by atoms with Crippen LogP contribution in [0.3, 0.4) is 0 Å². The molecule has 0 bridgehead atoms. The number of benzene rings is 1. The Kier molecular flexibility index (Phi) is 6.82. The quantitative estimate of drug-likeness (QED) is 0.768. The van der Waals surface area contributed by atoms with Crippen molar-refractivity contribution in [2.24, 2.45) is 0 Å². The van der Waals surface area contributed by atoms with Crippen molar-refractivity contribution < 1.29 is 14.3 Å². The van der Waals surface area contributed by atoms with Crippen LogP contribution in [0.4, 0.5) is 10.5 Å². The highest BCUT2D eigenvalue weighted by molar-refractivity contribution is 6.30. The van der Waals surface area contributed by atoms with Crippen LogP contribution >= 0.6 is 11.6 Å². The van der Waals surface area contributed by atoms with Gasteiger partial charge in [0.25, 0.3) is 0 Å². The van der Waals surface area contributed by atoms with Crippen molar-refractivity contribution in [3.63, 3.8) is 0 Å². The summed E-state index contributed by atoms with van der Waals surface area (Å²) in [7, 11) is 0. The van der Waals surface area contributed by atoms with Gasteiger partial charge in [-0.1, -0.05) is 11.6 Å². The molecular formula is C19H29ClN2O3. The van der Waals surface area contributed by atoms with E-state index in [2.05, 4.69) is 10.6 Å². The number of nitrogens with one attached hydrogen (secondary N) is 2. The molecule has 0 saturated heterocycles. The predicted molar refractivity (Wildman–Crippen MR) is 102 cm³/mol. The monoisotopic (exact) mass is 368 g/mol. The number of hydrogen-bond donors (Lipinski definition) is 2. The second-order valence-electron chi connectivity index (χ2n) is 7.42. The Hall–Kier alpha value is -1.62. The second-order valence-corrected chi connectivity index (χ2v) is 7.86. The molecule has 0 aromatic heterocycles. The largest absolute Gasteiger partial charge is 0.492 e. The summed E-state index contributed by atoms with van der Waals surface area (Å²) in [6.45, 7) is 8.16. The van der Waals surface area contributed by atoms with Crippen LogP contribution in [0.5, 0.6) is 5.75 Å². The van der Waals surface area contributed by atoms with E-state index < -0.39 is 5.60 Å². The molecule has 0 radical (unpaired) electrons. The highest BCUT2D eigenvalue weighted by Gasteiger charge is 2.26. The molecule has 1 aromatic carbocycles. The van der Waals surface area contributed by atoms with E-state index in [4.69, 9.17) is 21.1 Å². The van der Waals surface area contributed by atoms with Crippen molar-refractivity contribution in [1.82, 2.24) is 5.32 Å². The van der Waals surface area contributed by atoms with Crippen LogP contribution in [0.15, 0.2) is 18.2 Å². The van der Waals surface area contributed by atoms with Crippen LogP contribution < -0.4 is 15.4 Å². The van der Waals surface area contributed by atoms with E-state index in [9.17, 15) is 4.79 Å². The number of amides is 1. The van der Waals surface area contributed by atoms with Crippen molar-refractivity contribution >= 4 is 23.4 Å². The zero-order valence-electron chi connectivity index (χ0n) is 15.5. The smallest absolute Gasteiger partial charge is 0.407 e. The molecule has 6 heteroatoms. The summed E-state index contributed by atoms with van der Waals surface area (Å²) in [6, 6.07) is 5.96. The van der Waals surface area contributed by atoms with Gasteiger partial charge in [0.1, 0.15) is 11.4 Å². The minimum absolute atomic E-state index is 0.107. The van der Waals surface area contributed by atoms with Gasteiger partial charge in [0.05, 0.1) is 12.3 Å². The third-order valence-electron chi connectivity index (χ3n) is 4.00. The number of carbonyl (C=O) groups excluding carboxylic acids is 1. The van der Waals surface area contributed by atoms with Gasteiger partial charge >= 0.3 is 6.09 Å². The van der Waals surface area contributed by atoms with Crippen molar-refractivity contribution in [3.8, 4) is 5.75 Å². The summed E-state index contributed by atoms with van der Waals surface area (Å²) >= 11 is 6.12. The number of alkyl carbamates (subject to hydrolysis) is 1. The highest BCUT2D eigenvalue weighted by Crippen LogP contribution is 2.31. The number of hydrogen-bond acceptors (Lipinski definition) is 4. The van der Waals surface area contributed by atoms with Crippen molar-refractivity contribution in [2.45, 2.75) is 71.1 Å². The fraction of sp³-hybridized carbons (Fsp3) is 0.632. The first-order chi connectivity index (χ1) is 11.8. The summed E-state index contributed by atoms with van der Waals surface area (Å²) < 4.78 is 11.0. The van der Waals surface area contributed by atoms with Crippen LogP contribution in [0.2, 0.25) is 5.02 Å². The Morgan fingerprint density at radius 1 is 1.28 bits per heavy atom. The van der Waals surface area contributed by atoms with Crippen LogP contribution in [0.1, 0.15) is 53.4 Å². The van der Waals surface area contributed by atoms with Crippen LogP contribution in [-0.2, 0) is 4.74 Å². The van der Waals surface area contributed by atoms with E-state index in [1.165, 1.54) is 0 Å². The lowest BCUT2D eigenvalue weighted by Crippen LogP contribution is -2.43. The maximum absolute atomic E-state index is 12.0. The van der Waals surface area contributed by atoms with E-state index in [-0.39, 0.29) is 18.2 Å². The summed E-state index contributed by atoms with van der Waals surface area (Å²) in [4.78, 5) is 12.0. The van der Waals surface area contributed by atoms with E-state index >= 15 is 0 Å². The first-order valence-electron chi connectivity index (χ1n) is 8.95. The molecule has 2 atom stereocenters. The molecule has 1 fully saturated rings. The van der Waals surface area contributed by atoms with Crippen molar-refractivity contribution in [1.29, 1.82) is 0 Å². The summed E-state index contributed by atoms with van der Waals surface area (Å²) in [5, 5.41) is 7.18. The number of anilines is 1. The fourth-order valence-electron chi connectivity index (χ4n) is 3.04. The molecule has 0 aliphatic heterocycles. The van der Waals surface area contributed by atoms with Crippen LogP contribution in [-0.4, -0.2) is 30.4 Å². The van der Waals surface area contributed by atoms with Gasteiger partial charge in [0.15, 0.2) is 0 Å². The molecule has 0 heterocycles. The van der Waals surface area contributed by atoms with Crippen LogP contribution in [0.25, 0.3) is 0 Å². The van der Waals surface area contributed by atoms with Gasteiger partial charge in [-0.25, -0.2) is 4.79 Å². The Bertz CT molecular complexity index is 587. The molecule has 5 nitrogen and oxygen atoms in total. The molecule has 1 aliphatic rings. The summed E-state index contributed by atoms with van der Waals surface area (Å²) in [6.07, 6.45) is 3.55. The minimum Gasteiger partial charge on any atom is -0.492 e. The number of halogens is 1. The maximum atomic E-state index is 12.0. The lowest BCUT2D eigenvalue weighted by atomic mass is 9.91. The second kappa shape index (κ2) is 8.65. The van der Waals surface area contributed by atoms with Crippen molar-refractivity contribution in [2.75, 3.05) is 11.9 Å². The first-order valence-corrected chi connectivity index (χ1v) is 9.33. The van der Waals surface area contributed by atoms with Crippen LogP contribution in [0, 0.1) is 0 Å². The van der Waals surface area contributed by atoms with E-state index in [0.717, 1.165) is 37.1 Å². The van der Waals surface area contributed by atoms with Gasteiger partial charge in [0, 0.05) is 17.1 Å². The molecule has 1 aliphatic carbocycles. The number of carbonyl (C=O) groups is 1. The third-order valence-corrected chi connectivity index (χ3v) is 4.23. The highest BCUT2D eigenvalue weighted by atomic mass is 35.5. The summed E-state index contributed by atoms with van der Waals surface area (Å²) in [5.41, 5.74) is 0.418. The van der Waals surface area contributed by atoms with E-state index in [1.54, 1.807) is 0 Å². The fourth-order valence-corrected chi connectivity index (χ4v) is 3.21. The Morgan fingerprint density at radius 3 is 2.68 bits per heavy atom. The maximum Gasteiger partial charge on any atom is 0.407 e. The number of rotatable bonds is 5. The lowest BCUT2D eigenvalue weighted by Gasteiger charge is -2.32. The standard InChI is InChI=1S/C19H29ClN2O3/c1-5-24-17-10-9-13(20)11-16(17)21-14-7-6-8-15(12-14)22-18(23)25-19(2,3)4/h9-11,14-15,21H,5-8,12H2,1-4H3,(H,22,23). The Labute approximate surface area is 155 Å². The SMILES string of the molecule is CCOc1ccc(Cl)cc1NC1CCCC(NC(=O)OC(C)(C)C)C1. The van der Waals surface area contributed by atoms with E-state index in [0.29, 0.717) is 11.6 Å². The normalized spacial score (nSPS) is 20.7. The molecule has 2 N–H and O–H groups in total. The van der Waals surface area contributed by atoms with Gasteiger partial charge in [-0.3, -0.25) is 0 Å². The third kappa shape index (κ3) is 6.65. The molecule has 0 spiro atoms. The minimum atomic E-state index is -0.483. The molecule has 1 saturated carbocycles. The Balaban J connectivity index is 1.95. The average Bonchev–Trinajstić information content (AvgIpc) is 2.48. The van der Waals surface area contributed by atoms with Gasteiger partial charge < -0.3 is 20.1 Å². The molecular weight excluding hydrogens is 340 g/mol. The molecule has 2 rings (SSSR count). The zero-order valence-corrected chi connectivity index (χ0v) is 16.3. The molecule has 25 heavy (non-hydrogen) atoms. The molecule has 1 amide bonds. The molecule has 140 valence electrons. The lowest BCUT2D eigenvalue weighted by molar-refractivity contribution is 0.0492. The van der Waals surface area contributed by atoms with Gasteiger partial charge in [-0.15, -0.1) is 0 Å². The average molecular weight is 369 g/mol. The topological polar surface area (TPSA) is 59.6 Å². The van der Waals surface area contributed by atoms with Crippen molar-refractivity contribution in [3.05, 3.63) is 23.2 Å². The first kappa shape index (κ1) is 19.7. The number of ether oxygens (including phenoxy) is 2. The summed E-state index contributed by atoms with van der Waals surface area (Å²) in [5.74, 6) is 0.800. The van der Waals surface area contributed by atoms with Gasteiger partial charge in [0.2, 0.25) is 0 Å². The van der Waals surface area contributed by atoms with E-state index in [1.807, 2.05) is 45.9 Å².